The van der Waals surface area contributed by atoms with E-state index in [4.69, 9.17) is 0 Å². The number of anilines is 1. The van der Waals surface area contributed by atoms with Gasteiger partial charge in [-0.25, -0.2) is 0 Å². The second kappa shape index (κ2) is 3.27. The van der Waals surface area contributed by atoms with E-state index >= 15 is 0 Å². The number of para-hydroxylation sites is 1. The van der Waals surface area contributed by atoms with Gasteiger partial charge in [0.25, 0.3) is 0 Å². The number of benzene rings is 1. The maximum absolute atomic E-state index is 3.63. The molecule has 0 fully saturated rings. The topological polar surface area (TPSA) is 12.0 Å². The zero-order valence-corrected chi connectivity index (χ0v) is 10.5. The lowest BCUT2D eigenvalue weighted by Crippen LogP contribution is -2.33. The van der Waals surface area contributed by atoms with Gasteiger partial charge in [-0.05, 0) is 40.9 Å². The lowest BCUT2D eigenvalue weighted by molar-refractivity contribution is 0.443. The Kier molecular flexibility index (Phi) is 2.34. The summed E-state index contributed by atoms with van der Waals surface area (Å²) in [6, 6.07) is 6.43. The van der Waals surface area contributed by atoms with Crippen molar-refractivity contribution in [2.24, 2.45) is 0 Å². The van der Waals surface area contributed by atoms with Crippen LogP contribution in [0.5, 0.6) is 0 Å². The van der Waals surface area contributed by atoms with Gasteiger partial charge in [0.05, 0.1) is 5.69 Å². The van der Waals surface area contributed by atoms with Gasteiger partial charge in [0, 0.05) is 15.9 Å². The number of hydrogen-bond acceptors (Lipinski definition) is 1. The first-order valence-corrected chi connectivity index (χ1v) is 5.94. The monoisotopic (exact) mass is 253 g/mol. The molecule has 0 bridgehead atoms. The van der Waals surface area contributed by atoms with E-state index in [1.54, 1.807) is 0 Å². The zero-order valence-electron chi connectivity index (χ0n) is 8.89. The fourth-order valence-electron chi connectivity index (χ4n) is 2.17. The summed E-state index contributed by atoms with van der Waals surface area (Å²) in [6.45, 7) is 6.84. The fourth-order valence-corrected chi connectivity index (χ4v) is 2.65. The van der Waals surface area contributed by atoms with Crippen molar-refractivity contribution in [3.63, 3.8) is 0 Å². The highest BCUT2D eigenvalue weighted by Crippen LogP contribution is 2.46. The summed E-state index contributed by atoms with van der Waals surface area (Å²) in [4.78, 5) is 0. The standard InChI is InChI=1S/C12H16BrN/c1-4-12(3)8(2)9-6-5-7-10(13)11(9)14-12/h5-8,14H,4H2,1-3H3. The molecule has 1 aliphatic rings. The van der Waals surface area contributed by atoms with Crippen LogP contribution in [-0.4, -0.2) is 5.54 Å². The highest BCUT2D eigenvalue weighted by atomic mass is 79.9. The van der Waals surface area contributed by atoms with Crippen molar-refractivity contribution in [3.05, 3.63) is 28.2 Å². The van der Waals surface area contributed by atoms with Crippen molar-refractivity contribution in [1.29, 1.82) is 0 Å². The molecule has 1 aliphatic heterocycles. The molecule has 0 radical (unpaired) electrons. The van der Waals surface area contributed by atoms with Crippen LogP contribution in [0.1, 0.15) is 38.7 Å². The lowest BCUT2D eigenvalue weighted by atomic mass is 9.84. The second-order valence-electron chi connectivity index (χ2n) is 4.32. The van der Waals surface area contributed by atoms with Crippen molar-refractivity contribution < 1.29 is 0 Å². The first-order chi connectivity index (χ1) is 6.58. The molecule has 76 valence electrons. The molecule has 0 saturated carbocycles. The summed E-state index contributed by atoms with van der Waals surface area (Å²) >= 11 is 3.59. The van der Waals surface area contributed by atoms with E-state index in [0.29, 0.717) is 5.92 Å². The van der Waals surface area contributed by atoms with Crippen LogP contribution in [-0.2, 0) is 0 Å². The smallest absolute Gasteiger partial charge is 0.0525 e. The minimum absolute atomic E-state index is 0.214. The molecular weight excluding hydrogens is 238 g/mol. The molecule has 1 N–H and O–H groups in total. The molecule has 1 aromatic rings. The molecule has 0 saturated heterocycles. The van der Waals surface area contributed by atoms with Crippen molar-refractivity contribution in [2.75, 3.05) is 5.32 Å². The number of nitrogens with one attached hydrogen (secondary N) is 1. The average molecular weight is 254 g/mol. The van der Waals surface area contributed by atoms with E-state index in [0.717, 1.165) is 6.42 Å². The van der Waals surface area contributed by atoms with Gasteiger partial charge in [-0.2, -0.15) is 0 Å². The van der Waals surface area contributed by atoms with Crippen LogP contribution >= 0.6 is 15.9 Å². The predicted octanol–water partition coefficient (Wildman–Crippen LogP) is 4.15. The summed E-state index contributed by atoms with van der Waals surface area (Å²) in [5, 5.41) is 3.63. The second-order valence-corrected chi connectivity index (χ2v) is 5.18. The van der Waals surface area contributed by atoms with Gasteiger partial charge in [0.15, 0.2) is 0 Å². The Morgan fingerprint density at radius 1 is 1.50 bits per heavy atom. The van der Waals surface area contributed by atoms with Crippen molar-refractivity contribution in [2.45, 2.75) is 38.6 Å². The van der Waals surface area contributed by atoms with Crippen LogP contribution in [0.3, 0.4) is 0 Å². The SMILES string of the molecule is CCC1(C)Nc2c(Br)cccc2C1C. The maximum atomic E-state index is 3.63. The van der Waals surface area contributed by atoms with E-state index in [1.807, 2.05) is 0 Å². The highest BCUT2D eigenvalue weighted by Gasteiger charge is 2.38. The average Bonchev–Trinajstić information content (AvgIpc) is 2.44. The Bertz CT molecular complexity index is 361. The Labute approximate surface area is 94.0 Å². The van der Waals surface area contributed by atoms with Gasteiger partial charge in [-0.1, -0.05) is 26.0 Å². The third-order valence-electron chi connectivity index (χ3n) is 3.61. The molecule has 2 heteroatoms. The quantitative estimate of drug-likeness (QED) is 0.793. The number of rotatable bonds is 1. The Hall–Kier alpha value is -0.500. The van der Waals surface area contributed by atoms with Crippen LogP contribution in [0, 0.1) is 0 Å². The molecule has 0 amide bonds. The number of halogens is 1. The van der Waals surface area contributed by atoms with Gasteiger partial charge < -0.3 is 5.32 Å². The Balaban J connectivity index is 2.50. The van der Waals surface area contributed by atoms with Crippen LogP contribution in [0.4, 0.5) is 5.69 Å². The van der Waals surface area contributed by atoms with Crippen LogP contribution in [0.25, 0.3) is 0 Å². The van der Waals surface area contributed by atoms with Gasteiger partial charge in [0.2, 0.25) is 0 Å². The molecule has 1 heterocycles. The molecule has 0 aliphatic carbocycles. The molecule has 14 heavy (non-hydrogen) atoms. The Morgan fingerprint density at radius 3 is 2.79 bits per heavy atom. The highest BCUT2D eigenvalue weighted by molar-refractivity contribution is 9.10. The fraction of sp³-hybridized carbons (Fsp3) is 0.500. The van der Waals surface area contributed by atoms with Crippen LogP contribution in [0.2, 0.25) is 0 Å². The van der Waals surface area contributed by atoms with E-state index in [9.17, 15) is 0 Å². The molecule has 2 unspecified atom stereocenters. The van der Waals surface area contributed by atoms with Crippen molar-refractivity contribution in [1.82, 2.24) is 0 Å². The molecule has 2 atom stereocenters. The molecule has 0 aromatic heterocycles. The van der Waals surface area contributed by atoms with Gasteiger partial charge >= 0.3 is 0 Å². The van der Waals surface area contributed by atoms with Gasteiger partial charge in [-0.3, -0.25) is 0 Å². The molecule has 0 spiro atoms. The largest absolute Gasteiger partial charge is 0.378 e. The normalized spacial score (nSPS) is 29.9. The molecule has 1 nitrogen and oxygen atoms in total. The minimum Gasteiger partial charge on any atom is -0.378 e. The van der Waals surface area contributed by atoms with Gasteiger partial charge in [0.1, 0.15) is 0 Å². The summed E-state index contributed by atoms with van der Waals surface area (Å²) in [7, 11) is 0. The van der Waals surface area contributed by atoms with Gasteiger partial charge in [-0.15, -0.1) is 0 Å². The summed E-state index contributed by atoms with van der Waals surface area (Å²) < 4.78 is 1.18. The summed E-state index contributed by atoms with van der Waals surface area (Å²) in [6.07, 6.45) is 1.15. The maximum Gasteiger partial charge on any atom is 0.0525 e. The first kappa shape index (κ1) is 10.0. The van der Waals surface area contributed by atoms with Crippen LogP contribution < -0.4 is 5.32 Å². The molecule has 2 rings (SSSR count). The first-order valence-electron chi connectivity index (χ1n) is 5.15. The predicted molar refractivity (Wildman–Crippen MR) is 64.9 cm³/mol. The lowest BCUT2D eigenvalue weighted by Gasteiger charge is -2.28. The van der Waals surface area contributed by atoms with Crippen molar-refractivity contribution in [3.8, 4) is 0 Å². The van der Waals surface area contributed by atoms with E-state index < -0.39 is 0 Å². The number of fused-ring (bicyclic) bond motifs is 1. The Morgan fingerprint density at radius 2 is 2.21 bits per heavy atom. The minimum atomic E-state index is 0.214. The summed E-state index contributed by atoms with van der Waals surface area (Å²) in [5.74, 6) is 0.583. The van der Waals surface area contributed by atoms with Crippen molar-refractivity contribution >= 4 is 21.6 Å². The summed E-state index contributed by atoms with van der Waals surface area (Å²) in [5.41, 5.74) is 2.93. The molecule has 1 aromatic carbocycles. The third kappa shape index (κ3) is 1.28. The number of hydrogen-bond donors (Lipinski definition) is 1. The third-order valence-corrected chi connectivity index (χ3v) is 4.27. The van der Waals surface area contributed by atoms with E-state index in [1.165, 1.54) is 15.7 Å². The van der Waals surface area contributed by atoms with Crippen LogP contribution in [0.15, 0.2) is 22.7 Å². The zero-order chi connectivity index (χ0) is 10.3. The van der Waals surface area contributed by atoms with E-state index in [-0.39, 0.29) is 5.54 Å². The van der Waals surface area contributed by atoms with E-state index in [2.05, 4.69) is 60.2 Å². The molecular formula is C12H16BrN.